The third-order valence-electron chi connectivity index (χ3n) is 7.33. The maximum atomic E-state index is 13.5. The molecular weight excluding hydrogens is 524 g/mol. The van der Waals surface area contributed by atoms with Crippen molar-refractivity contribution in [3.8, 4) is 17.2 Å². The highest BCUT2D eigenvalue weighted by Gasteiger charge is 2.35. The van der Waals surface area contributed by atoms with E-state index >= 15 is 0 Å². The van der Waals surface area contributed by atoms with Crippen molar-refractivity contribution in [3.05, 3.63) is 82.9 Å². The van der Waals surface area contributed by atoms with Crippen molar-refractivity contribution in [2.75, 3.05) is 40.1 Å². The topological polar surface area (TPSA) is 68.3 Å². The Balaban J connectivity index is 1.38. The lowest BCUT2D eigenvalue weighted by molar-refractivity contribution is 0.174. The van der Waals surface area contributed by atoms with Gasteiger partial charge < -0.3 is 14.2 Å². The molecule has 7 nitrogen and oxygen atoms in total. The maximum Gasteiger partial charge on any atom is 0.243 e. The van der Waals surface area contributed by atoms with Crippen LogP contribution in [0.4, 0.5) is 0 Å². The molecule has 5 rings (SSSR count). The van der Waals surface area contributed by atoms with Crippen LogP contribution in [0.5, 0.6) is 17.2 Å². The number of likely N-dealkylation sites (tertiary alicyclic amines) is 1. The minimum Gasteiger partial charge on any atom is -0.497 e. The lowest BCUT2D eigenvalue weighted by Crippen LogP contribution is -2.39. The van der Waals surface area contributed by atoms with E-state index in [-0.39, 0.29) is 23.6 Å². The highest BCUT2D eigenvalue weighted by atomic mass is 35.5. The van der Waals surface area contributed by atoms with Gasteiger partial charge >= 0.3 is 0 Å². The number of halogens is 1. The molecule has 0 radical (unpaired) electrons. The molecule has 2 atom stereocenters. The first-order chi connectivity index (χ1) is 18.4. The first-order valence-electron chi connectivity index (χ1n) is 12.9. The van der Waals surface area contributed by atoms with Gasteiger partial charge in [-0.1, -0.05) is 36.7 Å². The Morgan fingerprint density at radius 3 is 2.39 bits per heavy atom. The fourth-order valence-corrected chi connectivity index (χ4v) is 6.98. The molecule has 202 valence electrons. The average molecular weight is 557 g/mol. The van der Waals surface area contributed by atoms with Gasteiger partial charge in [-0.3, -0.25) is 4.90 Å². The Morgan fingerprint density at radius 1 is 0.974 bits per heavy atom. The molecule has 0 N–H and O–H groups in total. The van der Waals surface area contributed by atoms with Crippen LogP contribution in [0.2, 0.25) is 5.02 Å². The van der Waals surface area contributed by atoms with Gasteiger partial charge in [-0.2, -0.15) is 4.31 Å². The SMILES string of the molecule is CCCN(CCN1C[C@@H](c2ccc3c(c2)OCO3)C[C@@H]1c1ccc(OC)cc1)S(=O)(=O)c1ccc(Cl)cc1. The molecule has 2 aliphatic rings. The first-order valence-corrected chi connectivity index (χ1v) is 14.7. The zero-order valence-electron chi connectivity index (χ0n) is 21.7. The zero-order valence-corrected chi connectivity index (χ0v) is 23.2. The molecule has 3 aromatic rings. The molecule has 0 bridgehead atoms. The van der Waals surface area contributed by atoms with Crippen molar-refractivity contribution in [2.24, 2.45) is 0 Å². The lowest BCUT2D eigenvalue weighted by atomic mass is 9.93. The van der Waals surface area contributed by atoms with Crippen LogP contribution in [0.3, 0.4) is 0 Å². The predicted molar refractivity (Wildman–Crippen MR) is 148 cm³/mol. The van der Waals surface area contributed by atoms with Crippen molar-refractivity contribution in [2.45, 2.75) is 36.6 Å². The third-order valence-corrected chi connectivity index (χ3v) is 9.50. The summed E-state index contributed by atoms with van der Waals surface area (Å²) in [5.74, 6) is 2.65. The van der Waals surface area contributed by atoms with Crippen molar-refractivity contribution in [3.63, 3.8) is 0 Å². The van der Waals surface area contributed by atoms with E-state index in [0.29, 0.717) is 24.7 Å². The van der Waals surface area contributed by atoms with E-state index < -0.39 is 10.0 Å². The van der Waals surface area contributed by atoms with Crippen LogP contribution in [0, 0.1) is 0 Å². The highest BCUT2D eigenvalue weighted by Crippen LogP contribution is 2.43. The van der Waals surface area contributed by atoms with Gasteiger partial charge in [0.1, 0.15) is 5.75 Å². The number of benzene rings is 3. The Morgan fingerprint density at radius 2 is 1.68 bits per heavy atom. The van der Waals surface area contributed by atoms with Gasteiger partial charge in [0.05, 0.1) is 12.0 Å². The largest absolute Gasteiger partial charge is 0.497 e. The summed E-state index contributed by atoms with van der Waals surface area (Å²) in [6.45, 7) is 4.54. The normalized spacial score (nSPS) is 19.3. The Labute approximate surface area is 229 Å². The molecule has 0 spiro atoms. The van der Waals surface area contributed by atoms with Gasteiger partial charge in [0.15, 0.2) is 11.5 Å². The molecule has 0 aliphatic carbocycles. The summed E-state index contributed by atoms with van der Waals surface area (Å²) in [4.78, 5) is 2.67. The lowest BCUT2D eigenvalue weighted by Gasteiger charge is -2.28. The van der Waals surface area contributed by atoms with Crippen LogP contribution < -0.4 is 14.2 Å². The number of hydrogen-bond donors (Lipinski definition) is 0. The van der Waals surface area contributed by atoms with E-state index in [1.54, 1.807) is 35.7 Å². The van der Waals surface area contributed by atoms with Crippen LogP contribution in [0.25, 0.3) is 0 Å². The number of hydrogen-bond acceptors (Lipinski definition) is 6. The third kappa shape index (κ3) is 5.64. The zero-order chi connectivity index (χ0) is 26.7. The Hall–Kier alpha value is -2.78. The molecule has 38 heavy (non-hydrogen) atoms. The summed E-state index contributed by atoms with van der Waals surface area (Å²) in [5.41, 5.74) is 2.39. The van der Waals surface area contributed by atoms with Crippen molar-refractivity contribution in [1.29, 1.82) is 0 Å². The van der Waals surface area contributed by atoms with Crippen LogP contribution in [0.1, 0.15) is 42.9 Å². The van der Waals surface area contributed by atoms with E-state index in [1.807, 2.05) is 25.1 Å². The summed E-state index contributed by atoms with van der Waals surface area (Å²) >= 11 is 6.00. The molecular formula is C29H33ClN2O5S. The van der Waals surface area contributed by atoms with Gasteiger partial charge in [0.2, 0.25) is 16.8 Å². The second-order valence-electron chi connectivity index (χ2n) is 9.69. The molecule has 1 saturated heterocycles. The van der Waals surface area contributed by atoms with E-state index in [0.717, 1.165) is 36.6 Å². The van der Waals surface area contributed by atoms with E-state index in [1.165, 1.54) is 11.1 Å². The maximum absolute atomic E-state index is 13.5. The van der Waals surface area contributed by atoms with E-state index in [9.17, 15) is 8.42 Å². The van der Waals surface area contributed by atoms with Crippen molar-refractivity contribution < 1.29 is 22.6 Å². The van der Waals surface area contributed by atoms with Gasteiger partial charge in [0, 0.05) is 37.2 Å². The standard InChI is InChI=1S/C29H33ClN2O5S/c1-3-14-32(38(33,34)26-11-7-24(30)8-12-26)16-15-31-19-23(22-6-13-28-29(18-22)37-20-36-28)17-27(31)21-4-9-25(35-2)10-5-21/h4-13,18,23,27H,3,14-17,19-20H2,1-2H3/t23-,27+/m0/s1. The van der Waals surface area contributed by atoms with Crippen LogP contribution in [0.15, 0.2) is 71.6 Å². The molecule has 0 aromatic heterocycles. The summed E-state index contributed by atoms with van der Waals surface area (Å²) in [6.07, 6.45) is 1.65. The fourth-order valence-electron chi connectivity index (χ4n) is 5.33. The van der Waals surface area contributed by atoms with E-state index in [4.69, 9.17) is 25.8 Å². The number of methoxy groups -OCH3 is 1. The number of nitrogens with zero attached hydrogens (tertiary/aromatic N) is 2. The number of rotatable bonds is 10. The van der Waals surface area contributed by atoms with Gasteiger partial charge in [-0.25, -0.2) is 8.42 Å². The Bertz CT molecular complexity index is 1350. The summed E-state index contributed by atoms with van der Waals surface area (Å²) in [5, 5.41) is 0.514. The molecule has 3 aromatic carbocycles. The molecule has 0 amide bonds. The van der Waals surface area contributed by atoms with E-state index in [2.05, 4.69) is 29.2 Å². The highest BCUT2D eigenvalue weighted by molar-refractivity contribution is 7.89. The summed E-state index contributed by atoms with van der Waals surface area (Å²) in [6, 6.07) is 20.9. The average Bonchev–Trinajstić information content (AvgIpc) is 3.58. The van der Waals surface area contributed by atoms with Crippen LogP contribution in [-0.2, 0) is 10.0 Å². The van der Waals surface area contributed by atoms with Crippen molar-refractivity contribution >= 4 is 21.6 Å². The number of fused-ring (bicyclic) bond motifs is 1. The number of sulfonamides is 1. The molecule has 9 heteroatoms. The molecule has 1 fully saturated rings. The fraction of sp³-hybridized carbons (Fsp3) is 0.379. The quantitative estimate of drug-likeness (QED) is 0.319. The summed E-state index contributed by atoms with van der Waals surface area (Å²) in [7, 11) is -1.97. The predicted octanol–water partition coefficient (Wildman–Crippen LogP) is 5.71. The minimum atomic E-state index is -3.63. The van der Waals surface area contributed by atoms with Gasteiger partial charge in [0.25, 0.3) is 0 Å². The second-order valence-corrected chi connectivity index (χ2v) is 12.1. The van der Waals surface area contributed by atoms with Gasteiger partial charge in [-0.15, -0.1) is 0 Å². The molecule has 0 unspecified atom stereocenters. The monoisotopic (exact) mass is 556 g/mol. The molecule has 0 saturated carbocycles. The number of ether oxygens (including phenoxy) is 3. The molecule has 2 heterocycles. The second kappa shape index (κ2) is 11.5. The van der Waals surface area contributed by atoms with Crippen LogP contribution in [-0.4, -0.2) is 57.7 Å². The van der Waals surface area contributed by atoms with Gasteiger partial charge in [-0.05, 0) is 78.4 Å². The summed E-state index contributed by atoms with van der Waals surface area (Å²) < 4.78 is 45.0. The smallest absolute Gasteiger partial charge is 0.243 e. The minimum absolute atomic E-state index is 0.151. The first kappa shape index (κ1) is 26.8. The van der Waals surface area contributed by atoms with Crippen LogP contribution >= 0.6 is 11.6 Å². The van der Waals surface area contributed by atoms with Crippen molar-refractivity contribution in [1.82, 2.24) is 9.21 Å². The Kier molecular flexibility index (Phi) is 8.14. The molecule has 2 aliphatic heterocycles.